The minimum atomic E-state index is -1.01. The number of rotatable bonds is 38. The van der Waals surface area contributed by atoms with Gasteiger partial charge in [-0.3, -0.25) is 9.59 Å². The van der Waals surface area contributed by atoms with Crippen LogP contribution in [-0.4, -0.2) is 58.8 Å². The van der Waals surface area contributed by atoms with Gasteiger partial charge in [-0.1, -0.05) is 174 Å². The van der Waals surface area contributed by atoms with Gasteiger partial charge in [0, 0.05) is 12.8 Å². The first-order chi connectivity index (χ1) is 24.3. The first kappa shape index (κ1) is 48.6. The van der Waals surface area contributed by atoms with Crippen molar-refractivity contribution in [1.82, 2.24) is 0 Å². The molecule has 3 atom stereocenters. The van der Waals surface area contributed by atoms with Crippen LogP contribution < -0.4 is 0 Å². The summed E-state index contributed by atoms with van der Waals surface area (Å²) in [7, 11) is 0. The summed E-state index contributed by atoms with van der Waals surface area (Å²) in [5, 5.41) is 30.3. The molecule has 0 aliphatic rings. The minimum Gasteiger partial charge on any atom is -0.463 e. The molecule has 296 valence electrons. The number of hydrogen-bond acceptors (Lipinski definition) is 7. The van der Waals surface area contributed by atoms with E-state index in [-0.39, 0.29) is 31.6 Å². The Morgan fingerprint density at radius 1 is 0.500 bits per heavy atom. The smallest absolute Gasteiger partial charge is 0.305 e. The Morgan fingerprint density at radius 2 is 0.900 bits per heavy atom. The highest BCUT2D eigenvalue weighted by atomic mass is 16.6. The predicted octanol–water partition coefficient (Wildman–Crippen LogP) is 11.1. The Bertz CT molecular complexity index is 768. The van der Waals surface area contributed by atoms with Crippen LogP contribution in [0.25, 0.3) is 0 Å². The molecule has 0 spiro atoms. The van der Waals surface area contributed by atoms with Gasteiger partial charge in [-0.15, -0.1) is 0 Å². The van der Waals surface area contributed by atoms with Crippen molar-refractivity contribution < 1.29 is 34.4 Å². The highest BCUT2D eigenvalue weighted by molar-refractivity contribution is 5.69. The van der Waals surface area contributed by atoms with Crippen LogP contribution >= 0.6 is 0 Å². The number of allylic oxidation sites excluding steroid dienone is 1. The Balaban J connectivity index is 3.50. The molecule has 7 heteroatoms. The van der Waals surface area contributed by atoms with Crippen molar-refractivity contribution in [2.75, 3.05) is 13.2 Å². The monoisotopic (exact) mass is 711 g/mol. The maximum Gasteiger partial charge on any atom is 0.305 e. The van der Waals surface area contributed by atoms with Crippen molar-refractivity contribution in [1.29, 1.82) is 0 Å². The van der Waals surface area contributed by atoms with E-state index in [1.165, 1.54) is 109 Å². The zero-order chi connectivity index (χ0) is 36.9. The molecule has 0 aromatic rings. The molecule has 0 aromatic heterocycles. The molecular weight excluding hydrogens is 628 g/mol. The summed E-state index contributed by atoms with van der Waals surface area (Å²) in [6.07, 6.45) is 34.4. The molecule has 0 aliphatic heterocycles. The average molecular weight is 711 g/mol. The fraction of sp³-hybridized carbons (Fsp3) is 0.907. The average Bonchev–Trinajstić information content (AvgIpc) is 3.09. The van der Waals surface area contributed by atoms with E-state index >= 15 is 0 Å². The highest BCUT2D eigenvalue weighted by Crippen LogP contribution is 2.16. The Labute approximate surface area is 308 Å². The summed E-state index contributed by atoms with van der Waals surface area (Å²) in [6.45, 7) is 6.49. The van der Waals surface area contributed by atoms with Crippen molar-refractivity contribution in [3.63, 3.8) is 0 Å². The molecule has 0 amide bonds. The molecule has 0 fully saturated rings. The Hall–Kier alpha value is -1.44. The molecule has 3 N–H and O–H groups in total. The Morgan fingerprint density at radius 3 is 1.32 bits per heavy atom. The summed E-state index contributed by atoms with van der Waals surface area (Å²) in [5.74, 6) is 0.188. The number of carbonyl (C=O) groups excluding carboxylic acids is 2. The molecule has 0 aliphatic carbocycles. The number of ether oxygens (including phenoxy) is 2. The van der Waals surface area contributed by atoms with Gasteiger partial charge in [0.1, 0.15) is 19.3 Å². The molecule has 0 rings (SSSR count). The summed E-state index contributed by atoms with van der Waals surface area (Å²) in [5.41, 5.74) is 0. The van der Waals surface area contributed by atoms with Gasteiger partial charge >= 0.3 is 11.9 Å². The molecular formula is C43H82O7. The number of unbranched alkanes of at least 4 members (excludes halogenated alkanes) is 22. The molecule has 50 heavy (non-hydrogen) atoms. The van der Waals surface area contributed by atoms with E-state index in [1.54, 1.807) is 0 Å². The lowest BCUT2D eigenvalue weighted by Gasteiger charge is -2.16. The third-order valence-electron chi connectivity index (χ3n) is 9.63. The second kappa shape index (κ2) is 37.3. The van der Waals surface area contributed by atoms with Gasteiger partial charge in [-0.25, -0.2) is 0 Å². The lowest BCUT2D eigenvalue weighted by atomic mass is 10.0. The van der Waals surface area contributed by atoms with Gasteiger partial charge in [0.25, 0.3) is 0 Å². The standard InChI is InChI=1S/C43H82O7/c1-4-5-6-7-22-27-32-40(45)41(46)33-28-23-20-25-30-35-43(48)50-37-39(44)36-49-42(47)34-29-24-19-17-15-13-11-9-8-10-12-14-16-18-21-26-31-38(2)3/h22,27,38-41,44-46H,4-21,23-26,28-37H2,1-3H3/b27-22-/t39-,40-,41-/m1/s1. The van der Waals surface area contributed by atoms with Gasteiger partial charge in [0.2, 0.25) is 0 Å². The van der Waals surface area contributed by atoms with Gasteiger partial charge in [-0.05, 0) is 44.4 Å². The van der Waals surface area contributed by atoms with E-state index in [1.807, 2.05) is 6.08 Å². The van der Waals surface area contributed by atoms with E-state index in [0.717, 1.165) is 57.3 Å². The summed E-state index contributed by atoms with van der Waals surface area (Å²) < 4.78 is 10.3. The van der Waals surface area contributed by atoms with Crippen LogP contribution in [0.2, 0.25) is 0 Å². The number of aliphatic hydroxyl groups excluding tert-OH is 3. The minimum absolute atomic E-state index is 0.152. The third kappa shape index (κ3) is 36.4. The van der Waals surface area contributed by atoms with Crippen molar-refractivity contribution >= 4 is 11.9 Å². The van der Waals surface area contributed by atoms with Crippen LogP contribution in [0, 0.1) is 5.92 Å². The van der Waals surface area contributed by atoms with Crippen molar-refractivity contribution in [3.05, 3.63) is 12.2 Å². The van der Waals surface area contributed by atoms with E-state index in [9.17, 15) is 24.9 Å². The quantitative estimate of drug-likeness (QED) is 0.0332. The first-order valence-corrected chi connectivity index (χ1v) is 21.3. The fourth-order valence-electron chi connectivity index (χ4n) is 6.24. The van der Waals surface area contributed by atoms with E-state index < -0.39 is 18.3 Å². The second-order valence-electron chi connectivity index (χ2n) is 15.3. The molecule has 7 nitrogen and oxygen atoms in total. The molecule has 0 saturated carbocycles. The number of aliphatic hydroxyl groups is 3. The van der Waals surface area contributed by atoms with Crippen molar-refractivity contribution in [3.8, 4) is 0 Å². The van der Waals surface area contributed by atoms with Gasteiger partial charge in [0.05, 0.1) is 12.2 Å². The van der Waals surface area contributed by atoms with Crippen LogP contribution in [0.1, 0.15) is 213 Å². The highest BCUT2D eigenvalue weighted by Gasteiger charge is 2.15. The maximum absolute atomic E-state index is 12.0. The molecule has 0 radical (unpaired) electrons. The second-order valence-corrected chi connectivity index (χ2v) is 15.3. The van der Waals surface area contributed by atoms with E-state index in [4.69, 9.17) is 9.47 Å². The molecule has 0 heterocycles. The fourth-order valence-corrected chi connectivity index (χ4v) is 6.24. The predicted molar refractivity (Wildman–Crippen MR) is 208 cm³/mol. The van der Waals surface area contributed by atoms with Crippen LogP contribution in [0.4, 0.5) is 0 Å². The normalized spacial score (nSPS) is 13.6. The van der Waals surface area contributed by atoms with E-state index in [2.05, 4.69) is 26.8 Å². The number of carbonyl (C=O) groups is 2. The summed E-state index contributed by atoms with van der Waals surface area (Å²) >= 11 is 0. The molecule has 0 unspecified atom stereocenters. The lowest BCUT2D eigenvalue weighted by molar-refractivity contribution is -0.152. The zero-order valence-electron chi connectivity index (χ0n) is 33.1. The van der Waals surface area contributed by atoms with Crippen molar-refractivity contribution in [2.24, 2.45) is 5.92 Å². The first-order valence-electron chi connectivity index (χ1n) is 21.3. The van der Waals surface area contributed by atoms with Crippen LogP contribution in [0.3, 0.4) is 0 Å². The van der Waals surface area contributed by atoms with E-state index in [0.29, 0.717) is 25.7 Å². The van der Waals surface area contributed by atoms with Crippen molar-refractivity contribution in [2.45, 2.75) is 232 Å². The Kier molecular flexibility index (Phi) is 36.2. The molecule has 0 aromatic carbocycles. The van der Waals surface area contributed by atoms with Crippen LogP contribution in [0.15, 0.2) is 12.2 Å². The van der Waals surface area contributed by atoms with Gasteiger partial charge in [0.15, 0.2) is 0 Å². The largest absolute Gasteiger partial charge is 0.463 e. The SMILES string of the molecule is CCCCC/C=C\C[C@@H](O)[C@H](O)CCCCCCCC(=O)OC[C@H](O)COC(=O)CCCCCCCCCCCCCCCCCCC(C)C. The van der Waals surface area contributed by atoms with Gasteiger partial charge < -0.3 is 24.8 Å². The van der Waals surface area contributed by atoms with Gasteiger partial charge in [-0.2, -0.15) is 0 Å². The third-order valence-corrected chi connectivity index (χ3v) is 9.63. The zero-order valence-corrected chi connectivity index (χ0v) is 33.1. The number of esters is 2. The topological polar surface area (TPSA) is 113 Å². The molecule has 0 bridgehead atoms. The van der Waals surface area contributed by atoms with Crippen LogP contribution in [-0.2, 0) is 19.1 Å². The van der Waals surface area contributed by atoms with Crippen LogP contribution in [0.5, 0.6) is 0 Å². The summed E-state index contributed by atoms with van der Waals surface area (Å²) in [6, 6.07) is 0. The maximum atomic E-state index is 12.0. The number of hydrogen-bond donors (Lipinski definition) is 3. The summed E-state index contributed by atoms with van der Waals surface area (Å²) in [4.78, 5) is 24.0. The molecule has 0 saturated heterocycles. The lowest BCUT2D eigenvalue weighted by Crippen LogP contribution is -2.25.